The molecule has 0 atom stereocenters. The van der Waals surface area contributed by atoms with E-state index in [4.69, 9.17) is 9.94 Å². The molecule has 25 heavy (non-hydrogen) atoms. The van der Waals surface area contributed by atoms with Gasteiger partial charge in [-0.05, 0) is 48.9 Å². The Hall–Kier alpha value is -2.10. The maximum atomic E-state index is 13.0. The summed E-state index contributed by atoms with van der Waals surface area (Å²) < 4.78 is 32.9. The minimum atomic E-state index is -3.88. The van der Waals surface area contributed by atoms with Crippen molar-refractivity contribution in [3.05, 3.63) is 52.0 Å². The molecule has 0 unspecified atom stereocenters. The number of sulfonamides is 1. The average Bonchev–Trinajstić information content (AvgIpc) is 2.62. The summed E-state index contributed by atoms with van der Waals surface area (Å²) in [6, 6.07) is 8.90. The molecule has 7 nitrogen and oxygen atoms in total. The minimum Gasteiger partial charge on any atom is -0.495 e. The van der Waals surface area contributed by atoms with Crippen molar-refractivity contribution in [3.63, 3.8) is 0 Å². The molecule has 0 aliphatic rings. The van der Waals surface area contributed by atoms with E-state index in [-0.39, 0.29) is 16.2 Å². The molecule has 1 amide bonds. The van der Waals surface area contributed by atoms with E-state index < -0.39 is 15.9 Å². The van der Waals surface area contributed by atoms with Crippen LogP contribution in [0.2, 0.25) is 0 Å². The van der Waals surface area contributed by atoms with Crippen molar-refractivity contribution in [2.24, 2.45) is 0 Å². The molecule has 0 bridgehead atoms. The van der Waals surface area contributed by atoms with Crippen molar-refractivity contribution < 1.29 is 23.2 Å². The molecule has 0 aromatic heterocycles. The third-order valence-corrected chi connectivity index (χ3v) is 6.34. The number of ether oxygens (including phenoxy) is 1. The fourth-order valence-corrected chi connectivity index (χ4v) is 4.02. The van der Waals surface area contributed by atoms with Gasteiger partial charge in [-0.2, -0.15) is 0 Å². The van der Waals surface area contributed by atoms with Crippen molar-refractivity contribution in [3.8, 4) is 5.75 Å². The van der Waals surface area contributed by atoms with Gasteiger partial charge in [0.05, 0.1) is 12.8 Å². The normalized spacial score (nSPS) is 11.1. The molecule has 0 spiro atoms. The first-order valence-electron chi connectivity index (χ1n) is 7.10. The van der Waals surface area contributed by atoms with Crippen LogP contribution >= 0.6 is 15.9 Å². The van der Waals surface area contributed by atoms with Crippen LogP contribution in [0.3, 0.4) is 0 Å². The van der Waals surface area contributed by atoms with Crippen molar-refractivity contribution in [2.75, 3.05) is 18.5 Å². The highest BCUT2D eigenvalue weighted by atomic mass is 79.9. The van der Waals surface area contributed by atoms with Crippen molar-refractivity contribution in [1.29, 1.82) is 0 Å². The number of carbonyl (C=O) groups is 1. The Morgan fingerprint density at radius 1 is 1.24 bits per heavy atom. The van der Waals surface area contributed by atoms with Gasteiger partial charge in [0.25, 0.3) is 15.9 Å². The van der Waals surface area contributed by atoms with Crippen LogP contribution in [-0.4, -0.2) is 33.7 Å². The van der Waals surface area contributed by atoms with E-state index in [0.29, 0.717) is 10.2 Å². The van der Waals surface area contributed by atoms with E-state index in [1.54, 1.807) is 6.07 Å². The topological polar surface area (TPSA) is 95.9 Å². The van der Waals surface area contributed by atoms with Crippen LogP contribution < -0.4 is 14.5 Å². The number of rotatable bonds is 5. The fraction of sp³-hybridized carbons (Fsp3) is 0.188. The standard InChI is InChI=1S/C16H17BrN2O5S/c1-10-8-14(24-3)15(9-13(10)17)25(22,23)19(2)12-6-4-11(5-7-12)16(20)18-21/h4-9,21H,1-3H3,(H,18,20). The lowest BCUT2D eigenvalue weighted by Crippen LogP contribution is -2.27. The van der Waals surface area contributed by atoms with Crippen LogP contribution in [-0.2, 0) is 10.0 Å². The monoisotopic (exact) mass is 428 g/mol. The van der Waals surface area contributed by atoms with Gasteiger partial charge in [-0.3, -0.25) is 14.3 Å². The first-order chi connectivity index (χ1) is 11.7. The zero-order chi connectivity index (χ0) is 18.8. The van der Waals surface area contributed by atoms with Gasteiger partial charge in [-0.1, -0.05) is 15.9 Å². The highest BCUT2D eigenvalue weighted by molar-refractivity contribution is 9.10. The number of hydrogen-bond acceptors (Lipinski definition) is 5. The smallest absolute Gasteiger partial charge is 0.274 e. The summed E-state index contributed by atoms with van der Waals surface area (Å²) in [4.78, 5) is 11.4. The minimum absolute atomic E-state index is 0.0205. The lowest BCUT2D eigenvalue weighted by atomic mass is 10.2. The summed E-state index contributed by atoms with van der Waals surface area (Å²) in [6.07, 6.45) is 0. The molecule has 0 saturated heterocycles. The summed E-state index contributed by atoms with van der Waals surface area (Å²) in [5.74, 6) is -0.440. The van der Waals surface area contributed by atoms with Crippen molar-refractivity contribution in [1.82, 2.24) is 5.48 Å². The molecule has 134 valence electrons. The van der Waals surface area contributed by atoms with Gasteiger partial charge in [0.1, 0.15) is 10.6 Å². The second kappa shape index (κ2) is 7.42. The van der Waals surface area contributed by atoms with Crippen LogP contribution in [0.4, 0.5) is 5.69 Å². The molecular formula is C16H17BrN2O5S. The van der Waals surface area contributed by atoms with Gasteiger partial charge < -0.3 is 4.74 Å². The van der Waals surface area contributed by atoms with Crippen LogP contribution in [0.5, 0.6) is 5.75 Å². The lowest BCUT2D eigenvalue weighted by Gasteiger charge is -2.21. The van der Waals surface area contributed by atoms with Crippen LogP contribution in [0, 0.1) is 6.92 Å². The van der Waals surface area contributed by atoms with Gasteiger partial charge in [0, 0.05) is 17.1 Å². The number of hydroxylamine groups is 1. The number of hydrogen-bond donors (Lipinski definition) is 2. The SMILES string of the molecule is COc1cc(C)c(Br)cc1S(=O)(=O)N(C)c1ccc(C(=O)NO)cc1. The Morgan fingerprint density at radius 2 is 1.84 bits per heavy atom. The van der Waals surface area contributed by atoms with E-state index in [9.17, 15) is 13.2 Å². The predicted molar refractivity (Wildman–Crippen MR) is 96.7 cm³/mol. The molecule has 0 saturated carbocycles. The Balaban J connectivity index is 2.46. The van der Waals surface area contributed by atoms with Crippen molar-refractivity contribution >= 4 is 37.5 Å². The Morgan fingerprint density at radius 3 is 2.36 bits per heavy atom. The predicted octanol–water partition coefficient (Wildman–Crippen LogP) is 2.71. The van der Waals surface area contributed by atoms with E-state index >= 15 is 0 Å². The Labute approximate surface area is 154 Å². The lowest BCUT2D eigenvalue weighted by molar-refractivity contribution is 0.0706. The zero-order valence-corrected chi connectivity index (χ0v) is 16.2. The number of benzene rings is 2. The first kappa shape index (κ1) is 19.2. The van der Waals surface area contributed by atoms with Gasteiger partial charge in [-0.15, -0.1) is 0 Å². The third kappa shape index (κ3) is 3.78. The summed E-state index contributed by atoms with van der Waals surface area (Å²) in [7, 11) is -1.07. The molecule has 0 fully saturated rings. The number of carbonyl (C=O) groups excluding carboxylic acids is 1. The number of methoxy groups -OCH3 is 1. The molecule has 9 heteroatoms. The molecule has 0 aliphatic carbocycles. The van der Waals surface area contributed by atoms with Crippen molar-refractivity contribution in [2.45, 2.75) is 11.8 Å². The quantitative estimate of drug-likeness (QED) is 0.563. The number of halogens is 1. The highest BCUT2D eigenvalue weighted by Crippen LogP contribution is 2.33. The summed E-state index contributed by atoms with van der Waals surface area (Å²) in [6.45, 7) is 1.83. The largest absolute Gasteiger partial charge is 0.495 e. The summed E-state index contributed by atoms with van der Waals surface area (Å²) >= 11 is 3.33. The Kier molecular flexibility index (Phi) is 5.71. The third-order valence-electron chi connectivity index (χ3n) is 3.68. The number of nitrogens with zero attached hydrogens (tertiary/aromatic N) is 1. The van der Waals surface area contributed by atoms with E-state index in [1.807, 2.05) is 6.92 Å². The number of aryl methyl sites for hydroxylation is 1. The van der Waals surface area contributed by atoms with E-state index in [1.165, 1.54) is 50.0 Å². The molecule has 0 radical (unpaired) electrons. The zero-order valence-electron chi connectivity index (χ0n) is 13.8. The maximum absolute atomic E-state index is 13.0. The molecule has 0 aliphatic heterocycles. The molecule has 0 heterocycles. The Bertz CT molecular complexity index is 897. The van der Waals surface area contributed by atoms with Gasteiger partial charge in [0.15, 0.2) is 0 Å². The van der Waals surface area contributed by atoms with Crippen LogP contribution in [0.25, 0.3) is 0 Å². The molecule has 2 N–H and O–H groups in total. The van der Waals surface area contributed by atoms with E-state index in [0.717, 1.165) is 9.87 Å². The number of amides is 1. The van der Waals surface area contributed by atoms with Gasteiger partial charge in [-0.25, -0.2) is 13.9 Å². The number of anilines is 1. The second-order valence-electron chi connectivity index (χ2n) is 5.21. The molecule has 2 aromatic carbocycles. The number of nitrogens with one attached hydrogen (secondary N) is 1. The highest BCUT2D eigenvalue weighted by Gasteiger charge is 2.26. The van der Waals surface area contributed by atoms with Crippen LogP contribution in [0.15, 0.2) is 45.8 Å². The maximum Gasteiger partial charge on any atom is 0.274 e. The second-order valence-corrected chi connectivity index (χ2v) is 8.00. The summed E-state index contributed by atoms with van der Waals surface area (Å²) in [5.41, 5.74) is 2.92. The van der Waals surface area contributed by atoms with Gasteiger partial charge >= 0.3 is 0 Å². The summed E-state index contributed by atoms with van der Waals surface area (Å²) in [5, 5.41) is 8.63. The first-order valence-corrected chi connectivity index (χ1v) is 9.33. The van der Waals surface area contributed by atoms with Crippen LogP contribution in [0.1, 0.15) is 15.9 Å². The fourth-order valence-electron chi connectivity index (χ4n) is 2.17. The van der Waals surface area contributed by atoms with Gasteiger partial charge in [0.2, 0.25) is 0 Å². The molecule has 2 aromatic rings. The molecule has 2 rings (SSSR count). The van der Waals surface area contributed by atoms with E-state index in [2.05, 4.69) is 15.9 Å². The molecular weight excluding hydrogens is 412 g/mol. The average molecular weight is 429 g/mol.